The van der Waals surface area contributed by atoms with Crippen molar-refractivity contribution < 1.29 is 17.6 Å². The first kappa shape index (κ1) is 26.2. The van der Waals surface area contributed by atoms with E-state index in [0.717, 1.165) is 27.5 Å². The predicted octanol–water partition coefficient (Wildman–Crippen LogP) is 5.97. The number of ether oxygens (including phenoxy) is 1. The number of furan rings is 1. The van der Waals surface area contributed by atoms with Crippen molar-refractivity contribution in [3.8, 4) is 17.1 Å². The SMILES string of the molecule is COc1ccc(N2C(=S)NC(c3ccccn3)C2c2ccc(-c3ccc(C)cc3Br)o2)cc1NS(C)(=O)=O. The number of halogens is 1. The van der Waals surface area contributed by atoms with Gasteiger partial charge in [-0.1, -0.05) is 28.1 Å². The minimum Gasteiger partial charge on any atom is -0.495 e. The fourth-order valence-electron chi connectivity index (χ4n) is 4.52. The zero-order chi connectivity index (χ0) is 27.0. The number of aromatic nitrogens is 1. The van der Waals surface area contributed by atoms with Gasteiger partial charge in [0.15, 0.2) is 5.11 Å². The third-order valence-corrected chi connectivity index (χ3v) is 7.72. The molecule has 1 fully saturated rings. The van der Waals surface area contributed by atoms with Gasteiger partial charge in [-0.2, -0.15) is 0 Å². The Balaban J connectivity index is 1.62. The van der Waals surface area contributed by atoms with Crippen molar-refractivity contribution in [2.75, 3.05) is 23.0 Å². The van der Waals surface area contributed by atoms with E-state index in [1.54, 1.807) is 18.3 Å². The highest BCUT2D eigenvalue weighted by atomic mass is 79.9. The van der Waals surface area contributed by atoms with Gasteiger partial charge in [-0.15, -0.1) is 0 Å². The van der Waals surface area contributed by atoms with Crippen LogP contribution >= 0.6 is 28.1 Å². The average molecular weight is 614 g/mol. The number of rotatable bonds is 7. The van der Waals surface area contributed by atoms with Crippen molar-refractivity contribution in [2.24, 2.45) is 0 Å². The second kappa shape index (κ2) is 10.4. The Kier molecular flexibility index (Phi) is 7.17. The molecule has 5 rings (SSSR count). The molecule has 196 valence electrons. The van der Waals surface area contributed by atoms with E-state index >= 15 is 0 Å². The number of thiocarbonyl (C=S) groups is 1. The van der Waals surface area contributed by atoms with Crippen LogP contribution in [0, 0.1) is 6.92 Å². The number of nitrogens with one attached hydrogen (secondary N) is 2. The molecule has 1 aliphatic rings. The Morgan fingerprint density at radius 3 is 2.63 bits per heavy atom. The summed E-state index contributed by atoms with van der Waals surface area (Å²) >= 11 is 9.44. The average Bonchev–Trinajstić information content (AvgIpc) is 3.48. The van der Waals surface area contributed by atoms with E-state index < -0.39 is 16.1 Å². The molecule has 0 aliphatic carbocycles. The van der Waals surface area contributed by atoms with E-state index in [1.807, 2.05) is 66.4 Å². The van der Waals surface area contributed by atoms with Gasteiger partial charge in [-0.05, 0) is 79.3 Å². The number of nitrogens with zero attached hydrogens (tertiary/aromatic N) is 2. The van der Waals surface area contributed by atoms with Gasteiger partial charge >= 0.3 is 0 Å². The molecule has 0 radical (unpaired) electrons. The molecule has 0 saturated carbocycles. The summed E-state index contributed by atoms with van der Waals surface area (Å²) in [6.07, 6.45) is 2.83. The molecule has 2 aromatic carbocycles. The van der Waals surface area contributed by atoms with Crippen molar-refractivity contribution >= 4 is 54.7 Å². The van der Waals surface area contributed by atoms with Crippen molar-refractivity contribution in [1.29, 1.82) is 0 Å². The molecular weight excluding hydrogens is 588 g/mol. The molecular formula is C27H25BrN4O4S2. The van der Waals surface area contributed by atoms with Gasteiger partial charge in [-0.3, -0.25) is 9.71 Å². The number of sulfonamides is 1. The first-order chi connectivity index (χ1) is 18.1. The van der Waals surface area contributed by atoms with Gasteiger partial charge in [-0.25, -0.2) is 8.42 Å². The number of benzene rings is 2. The van der Waals surface area contributed by atoms with Crippen LogP contribution in [-0.2, 0) is 10.0 Å². The summed E-state index contributed by atoms with van der Waals surface area (Å²) in [6.45, 7) is 2.03. The van der Waals surface area contributed by atoms with Gasteiger partial charge in [0, 0.05) is 21.9 Å². The van der Waals surface area contributed by atoms with Crippen LogP contribution in [0.25, 0.3) is 11.3 Å². The zero-order valence-corrected chi connectivity index (χ0v) is 24.0. The topological polar surface area (TPSA) is 96.7 Å². The number of hydrogen-bond donors (Lipinski definition) is 2. The molecule has 1 saturated heterocycles. The van der Waals surface area contributed by atoms with E-state index in [1.165, 1.54) is 7.11 Å². The Morgan fingerprint density at radius 1 is 1.13 bits per heavy atom. The summed E-state index contributed by atoms with van der Waals surface area (Å²) in [5, 5.41) is 3.84. The summed E-state index contributed by atoms with van der Waals surface area (Å²) < 4.78 is 39.4. The van der Waals surface area contributed by atoms with Crippen molar-refractivity contribution in [3.05, 3.63) is 94.4 Å². The minimum atomic E-state index is -3.55. The number of pyridine rings is 1. The number of aryl methyl sites for hydroxylation is 1. The largest absolute Gasteiger partial charge is 0.495 e. The fourth-order valence-corrected chi connectivity index (χ4v) is 6.12. The van der Waals surface area contributed by atoms with Gasteiger partial charge < -0.3 is 19.4 Å². The van der Waals surface area contributed by atoms with Crippen molar-refractivity contribution in [3.63, 3.8) is 0 Å². The predicted molar refractivity (Wildman–Crippen MR) is 156 cm³/mol. The summed E-state index contributed by atoms with van der Waals surface area (Å²) in [7, 11) is -2.06. The lowest BCUT2D eigenvalue weighted by Gasteiger charge is -2.27. The molecule has 4 aromatic rings. The molecule has 2 aromatic heterocycles. The molecule has 38 heavy (non-hydrogen) atoms. The first-order valence-corrected chi connectivity index (χ1v) is 14.8. The maximum absolute atomic E-state index is 12.0. The highest BCUT2D eigenvalue weighted by Crippen LogP contribution is 2.44. The number of hydrogen-bond acceptors (Lipinski definition) is 6. The highest BCUT2D eigenvalue weighted by molar-refractivity contribution is 9.10. The van der Waals surface area contributed by atoms with Crippen LogP contribution in [0.4, 0.5) is 11.4 Å². The van der Waals surface area contributed by atoms with Crippen molar-refractivity contribution in [1.82, 2.24) is 10.3 Å². The summed E-state index contributed by atoms with van der Waals surface area (Å²) in [6, 6.07) is 20.2. The molecule has 2 atom stereocenters. The maximum atomic E-state index is 12.0. The molecule has 0 amide bonds. The molecule has 0 bridgehead atoms. The molecule has 0 spiro atoms. The van der Waals surface area contributed by atoms with Crippen LogP contribution in [-0.4, -0.2) is 31.9 Å². The van der Waals surface area contributed by atoms with Gasteiger partial charge in [0.25, 0.3) is 0 Å². The standard InChI is InChI=1S/C27H25BrN4O4S2/c1-16-7-9-18(19(28)14-16)22-11-12-24(36-22)26-25(20-6-4-5-13-29-20)30-27(37)32(26)17-8-10-23(35-2)21(15-17)31-38(3,33)34/h4-15,25-26,31H,1-3H3,(H,30,37). The Labute approximate surface area is 235 Å². The lowest BCUT2D eigenvalue weighted by molar-refractivity contribution is 0.416. The molecule has 3 heterocycles. The van der Waals surface area contributed by atoms with Crippen LogP contribution in [0.2, 0.25) is 0 Å². The summed E-state index contributed by atoms with van der Waals surface area (Å²) in [4.78, 5) is 6.48. The highest BCUT2D eigenvalue weighted by Gasteiger charge is 2.43. The molecule has 8 nitrogen and oxygen atoms in total. The molecule has 2 N–H and O–H groups in total. The number of methoxy groups -OCH3 is 1. The summed E-state index contributed by atoms with van der Waals surface area (Å²) in [5.41, 5.74) is 3.82. The quantitative estimate of drug-likeness (QED) is 0.246. The second-order valence-corrected chi connectivity index (χ2v) is 11.9. The molecule has 2 unspecified atom stereocenters. The van der Waals surface area contributed by atoms with E-state index in [9.17, 15) is 8.42 Å². The Hall–Kier alpha value is -3.41. The maximum Gasteiger partial charge on any atom is 0.229 e. The Bertz CT molecular complexity index is 1610. The monoisotopic (exact) mass is 612 g/mol. The third kappa shape index (κ3) is 5.27. The van der Waals surface area contributed by atoms with Crippen LogP contribution in [0.15, 0.2) is 81.8 Å². The first-order valence-electron chi connectivity index (χ1n) is 11.7. The second-order valence-electron chi connectivity index (χ2n) is 8.94. The van der Waals surface area contributed by atoms with E-state index in [2.05, 4.69) is 31.0 Å². The van der Waals surface area contributed by atoms with Crippen molar-refractivity contribution in [2.45, 2.75) is 19.0 Å². The normalized spacial score (nSPS) is 17.4. The van der Waals surface area contributed by atoms with Crippen LogP contribution in [0.3, 0.4) is 0 Å². The van der Waals surface area contributed by atoms with Crippen LogP contribution in [0.1, 0.15) is 29.1 Å². The lowest BCUT2D eigenvalue weighted by Crippen LogP contribution is -2.29. The minimum absolute atomic E-state index is 0.305. The Morgan fingerprint density at radius 2 is 1.95 bits per heavy atom. The lowest BCUT2D eigenvalue weighted by atomic mass is 10.0. The zero-order valence-electron chi connectivity index (χ0n) is 20.8. The number of anilines is 2. The van der Waals surface area contributed by atoms with E-state index in [4.69, 9.17) is 21.4 Å². The van der Waals surface area contributed by atoms with Gasteiger partial charge in [0.2, 0.25) is 10.0 Å². The van der Waals surface area contributed by atoms with Crippen LogP contribution in [0.5, 0.6) is 5.75 Å². The summed E-state index contributed by atoms with van der Waals surface area (Å²) in [5.74, 6) is 1.77. The van der Waals surface area contributed by atoms with E-state index in [0.29, 0.717) is 33.8 Å². The molecule has 11 heteroatoms. The van der Waals surface area contributed by atoms with Crippen LogP contribution < -0.4 is 19.7 Å². The van der Waals surface area contributed by atoms with Gasteiger partial charge in [0.1, 0.15) is 23.3 Å². The smallest absolute Gasteiger partial charge is 0.229 e. The fraction of sp³-hybridized carbons (Fsp3) is 0.185. The third-order valence-electron chi connectivity index (χ3n) is 6.16. The molecule has 1 aliphatic heterocycles. The van der Waals surface area contributed by atoms with E-state index in [-0.39, 0.29) is 6.04 Å². The van der Waals surface area contributed by atoms with Gasteiger partial charge in [0.05, 0.1) is 30.8 Å².